The van der Waals surface area contributed by atoms with Gasteiger partial charge in [0.15, 0.2) is 17.4 Å². The number of nitro groups is 1. The van der Waals surface area contributed by atoms with Gasteiger partial charge in [0.2, 0.25) is 5.70 Å². The number of rotatable bonds is 5. The van der Waals surface area contributed by atoms with E-state index in [4.69, 9.17) is 12.2 Å². The average Bonchev–Trinajstić information content (AvgIpc) is 2.69. The second kappa shape index (κ2) is 8.41. The number of aromatic nitrogens is 1. The lowest BCUT2D eigenvalue weighted by molar-refractivity contribution is -0.578. The van der Waals surface area contributed by atoms with Crippen molar-refractivity contribution in [3.8, 4) is 0 Å². The van der Waals surface area contributed by atoms with E-state index in [0.717, 1.165) is 11.3 Å². The van der Waals surface area contributed by atoms with Gasteiger partial charge in [0.25, 0.3) is 5.69 Å². The van der Waals surface area contributed by atoms with Crippen molar-refractivity contribution in [2.75, 3.05) is 5.32 Å². The molecular weight excluding hydrogens is 374 g/mol. The van der Waals surface area contributed by atoms with Crippen LogP contribution in [-0.4, -0.2) is 9.91 Å². The summed E-state index contributed by atoms with van der Waals surface area (Å²) in [4.78, 5) is 10.6. The molecule has 0 aliphatic carbocycles. The van der Waals surface area contributed by atoms with Gasteiger partial charge in [0.1, 0.15) is 0 Å². The Morgan fingerprint density at radius 3 is 2.32 bits per heavy atom. The zero-order valence-corrected chi connectivity index (χ0v) is 15.8. The number of hydrogen-bond donors (Lipinski definition) is 1. The normalized spacial score (nSPS) is 11.5. The molecular formula is C21H17N3O3S. The van der Waals surface area contributed by atoms with E-state index in [9.17, 15) is 15.2 Å². The highest BCUT2D eigenvalue weighted by atomic mass is 32.1. The van der Waals surface area contributed by atoms with Gasteiger partial charge < -0.3 is 10.4 Å². The van der Waals surface area contributed by atoms with Gasteiger partial charge in [-0.2, -0.15) is 4.57 Å². The first-order valence-corrected chi connectivity index (χ1v) is 8.87. The van der Waals surface area contributed by atoms with E-state index in [1.165, 1.54) is 24.3 Å². The molecule has 0 aliphatic heterocycles. The number of nitro benzene ring substituents is 1. The van der Waals surface area contributed by atoms with Gasteiger partial charge in [-0.1, -0.05) is 30.4 Å². The molecule has 0 bridgehead atoms. The van der Waals surface area contributed by atoms with Gasteiger partial charge >= 0.3 is 0 Å². The fraction of sp³-hybridized carbons (Fsp3) is 0.0476. The maximum atomic E-state index is 13.2. The van der Waals surface area contributed by atoms with E-state index in [-0.39, 0.29) is 22.1 Å². The van der Waals surface area contributed by atoms with Crippen molar-refractivity contribution < 1.29 is 14.6 Å². The molecule has 0 saturated heterocycles. The first-order valence-electron chi connectivity index (χ1n) is 8.46. The Morgan fingerprint density at radius 2 is 1.71 bits per heavy atom. The van der Waals surface area contributed by atoms with Gasteiger partial charge in [-0.15, -0.1) is 0 Å². The fourth-order valence-corrected chi connectivity index (χ4v) is 2.97. The number of non-ortho nitro benzene ring substituents is 1. The molecule has 0 saturated carbocycles. The number of thiocarbonyl (C=S) groups is 1. The summed E-state index contributed by atoms with van der Waals surface area (Å²) in [5.41, 5.74) is 2.21. The summed E-state index contributed by atoms with van der Waals surface area (Å²) in [7, 11) is 0. The summed E-state index contributed by atoms with van der Waals surface area (Å²) < 4.78 is 1.66. The molecule has 3 aromatic rings. The Hall–Kier alpha value is -3.58. The standard InChI is InChI=1S/C21H17N3O3S/c1-15-6-5-13-23(14-15)19(21(28)22-17-7-3-2-4-8-17)20(25)16-9-11-18(12-10-16)24(26)27/h2-14H,1H3,(H-,22,25,28). The Morgan fingerprint density at radius 1 is 1.04 bits per heavy atom. The zero-order chi connectivity index (χ0) is 20.1. The van der Waals surface area contributed by atoms with Crippen LogP contribution in [0, 0.1) is 17.0 Å². The summed E-state index contributed by atoms with van der Waals surface area (Å²) in [6, 6.07) is 18.5. The third-order valence-corrected chi connectivity index (χ3v) is 4.30. The van der Waals surface area contributed by atoms with Gasteiger partial charge in [-0.25, -0.2) is 0 Å². The highest BCUT2D eigenvalue weighted by Crippen LogP contribution is 2.20. The molecule has 3 rings (SSSR count). The number of nitrogens with one attached hydrogen (secondary N) is 1. The predicted octanol–water partition coefficient (Wildman–Crippen LogP) is 3.32. The van der Waals surface area contributed by atoms with Crippen LogP contribution in [0.4, 0.5) is 11.4 Å². The number of nitrogens with zero attached hydrogens (tertiary/aromatic N) is 2. The van der Waals surface area contributed by atoms with Crippen molar-refractivity contribution in [2.45, 2.75) is 6.92 Å². The molecule has 1 N–H and O–H groups in total. The summed E-state index contributed by atoms with van der Waals surface area (Å²) >= 11 is 5.53. The molecule has 0 aliphatic rings. The second-order valence-corrected chi connectivity index (χ2v) is 6.50. The Labute approximate surface area is 167 Å². The van der Waals surface area contributed by atoms with Crippen molar-refractivity contribution in [3.63, 3.8) is 0 Å². The molecule has 0 spiro atoms. The number of anilines is 1. The maximum Gasteiger partial charge on any atom is 0.269 e. The Balaban J connectivity index is 2.07. The van der Waals surface area contributed by atoms with Crippen molar-refractivity contribution in [1.29, 1.82) is 0 Å². The molecule has 2 aromatic carbocycles. The molecule has 0 radical (unpaired) electrons. The molecule has 1 aromatic heterocycles. The van der Waals surface area contributed by atoms with Gasteiger partial charge in [-0.3, -0.25) is 10.1 Å². The number of hydrogen-bond acceptors (Lipinski definition) is 4. The van der Waals surface area contributed by atoms with Crippen LogP contribution in [0.1, 0.15) is 11.1 Å². The number of aryl methyl sites for hydroxylation is 1. The molecule has 0 unspecified atom stereocenters. The summed E-state index contributed by atoms with van der Waals surface area (Å²) in [6.45, 7) is 1.91. The van der Waals surface area contributed by atoms with Gasteiger partial charge in [-0.05, 0) is 48.6 Å². The first kappa shape index (κ1) is 19.2. The molecule has 1 heterocycles. The van der Waals surface area contributed by atoms with Crippen LogP contribution in [0.2, 0.25) is 0 Å². The first-order chi connectivity index (χ1) is 13.5. The summed E-state index contributed by atoms with van der Waals surface area (Å²) in [5.74, 6) is -0.334. The second-order valence-electron chi connectivity index (χ2n) is 6.09. The third kappa shape index (κ3) is 4.39. The smallest absolute Gasteiger partial charge is 0.269 e. The van der Waals surface area contributed by atoms with E-state index < -0.39 is 4.92 Å². The van der Waals surface area contributed by atoms with E-state index in [1.807, 2.05) is 49.4 Å². The highest BCUT2D eigenvalue weighted by molar-refractivity contribution is 7.81. The van der Waals surface area contributed by atoms with E-state index in [1.54, 1.807) is 17.0 Å². The van der Waals surface area contributed by atoms with Crippen molar-refractivity contribution in [3.05, 3.63) is 100 Å². The number of pyridine rings is 1. The minimum absolute atomic E-state index is 0.0775. The summed E-state index contributed by atoms with van der Waals surface area (Å²) in [6.07, 6.45) is 3.54. The topological polar surface area (TPSA) is 82.1 Å². The van der Waals surface area contributed by atoms with Crippen LogP contribution in [0.15, 0.2) is 79.1 Å². The van der Waals surface area contributed by atoms with Gasteiger partial charge in [0, 0.05) is 29.4 Å². The monoisotopic (exact) mass is 391 g/mol. The van der Waals surface area contributed by atoms with Crippen LogP contribution in [0.25, 0.3) is 11.5 Å². The van der Waals surface area contributed by atoms with Crippen molar-refractivity contribution in [2.24, 2.45) is 0 Å². The van der Waals surface area contributed by atoms with Crippen molar-refractivity contribution >= 4 is 40.0 Å². The maximum absolute atomic E-state index is 13.2. The SMILES string of the molecule is Cc1ccc[n+](/C(C(=S)Nc2ccccc2)=C(/[O-])c2ccc([N+](=O)[O-])cc2)c1. The van der Waals surface area contributed by atoms with Crippen LogP contribution >= 0.6 is 12.2 Å². The number of benzene rings is 2. The zero-order valence-electron chi connectivity index (χ0n) is 15.0. The van der Waals surface area contributed by atoms with E-state index in [0.29, 0.717) is 5.56 Å². The molecule has 7 heteroatoms. The molecule has 0 atom stereocenters. The Kier molecular flexibility index (Phi) is 5.76. The van der Waals surface area contributed by atoms with Crippen LogP contribution in [-0.2, 0) is 0 Å². The lowest BCUT2D eigenvalue weighted by Gasteiger charge is -2.17. The average molecular weight is 391 g/mol. The van der Waals surface area contributed by atoms with Crippen molar-refractivity contribution in [1.82, 2.24) is 0 Å². The summed E-state index contributed by atoms with van der Waals surface area (Å²) in [5, 5.41) is 27.2. The van der Waals surface area contributed by atoms with Crippen LogP contribution < -0.4 is 15.0 Å². The fourth-order valence-electron chi connectivity index (χ4n) is 2.65. The lowest BCUT2D eigenvalue weighted by atomic mass is 10.1. The predicted molar refractivity (Wildman–Crippen MR) is 110 cm³/mol. The molecule has 0 fully saturated rings. The minimum Gasteiger partial charge on any atom is -0.867 e. The third-order valence-electron chi connectivity index (χ3n) is 4.01. The van der Waals surface area contributed by atoms with Crippen LogP contribution in [0.5, 0.6) is 0 Å². The largest absolute Gasteiger partial charge is 0.867 e. The van der Waals surface area contributed by atoms with Crippen LogP contribution in [0.3, 0.4) is 0 Å². The van der Waals surface area contributed by atoms with Gasteiger partial charge in [0.05, 0.1) is 4.92 Å². The molecule has 0 amide bonds. The molecule has 28 heavy (non-hydrogen) atoms. The lowest BCUT2D eigenvalue weighted by Crippen LogP contribution is -2.40. The molecule has 6 nitrogen and oxygen atoms in total. The van der Waals surface area contributed by atoms with E-state index in [2.05, 4.69) is 5.32 Å². The Bertz CT molecular complexity index is 1050. The highest BCUT2D eigenvalue weighted by Gasteiger charge is 2.19. The quantitative estimate of drug-likeness (QED) is 0.180. The van der Waals surface area contributed by atoms with E-state index >= 15 is 0 Å². The molecule has 140 valence electrons. The number of para-hydroxylation sites is 1. The minimum atomic E-state index is -0.504.